The molecule has 0 N–H and O–H groups in total. The van der Waals surface area contributed by atoms with Crippen molar-refractivity contribution in [3.8, 4) is 89.8 Å². The Morgan fingerprint density at radius 1 is 0.323 bits per heavy atom. The van der Waals surface area contributed by atoms with Crippen molar-refractivity contribution >= 4 is 13.3 Å². The zero-order valence-corrected chi connectivity index (χ0v) is 37.5. The first kappa shape index (κ1) is 38.8. The van der Waals surface area contributed by atoms with Gasteiger partial charge in [-0.05, 0) is 103 Å². The van der Waals surface area contributed by atoms with Crippen LogP contribution in [-0.4, -0.2) is 28.0 Å². The molecule has 308 valence electrons. The van der Waals surface area contributed by atoms with Gasteiger partial charge < -0.3 is 0 Å². The molecule has 1 spiro atoms. The lowest BCUT2D eigenvalue weighted by Crippen LogP contribution is -2.38. The molecule has 10 aromatic rings. The third kappa shape index (κ3) is 6.42. The molecule has 0 saturated carbocycles. The van der Waals surface area contributed by atoms with Crippen molar-refractivity contribution in [3.05, 3.63) is 235 Å². The van der Waals surface area contributed by atoms with E-state index in [9.17, 15) is 0 Å². The fourth-order valence-corrected chi connectivity index (χ4v) is 11.4. The second kappa shape index (κ2) is 15.1. The number of rotatable bonds is 7. The van der Waals surface area contributed by atoms with E-state index < -0.39 is 13.5 Å². The lowest BCUT2D eigenvalue weighted by molar-refractivity contribution is 0.795. The van der Waals surface area contributed by atoms with E-state index in [0.29, 0.717) is 17.5 Å². The molecule has 0 fully saturated rings. The Kier molecular flexibility index (Phi) is 9.04. The molecule has 2 aromatic heterocycles. The Hall–Kier alpha value is -7.86. The van der Waals surface area contributed by atoms with Crippen molar-refractivity contribution in [3.63, 3.8) is 0 Å². The average Bonchev–Trinajstić information content (AvgIpc) is 3.83. The molecule has 0 bridgehead atoms. The zero-order chi connectivity index (χ0) is 43.7. The van der Waals surface area contributed by atoms with Crippen molar-refractivity contribution in [1.82, 2.24) is 19.9 Å². The van der Waals surface area contributed by atoms with Crippen LogP contribution in [0.15, 0.2) is 213 Å². The molecular weight excluding hydrogens is 805 g/mol. The number of aromatic nitrogens is 4. The molecule has 4 nitrogen and oxygen atoms in total. The number of nitrogens with zero attached hydrogens (tertiary/aromatic N) is 4. The van der Waals surface area contributed by atoms with Gasteiger partial charge in [-0.15, -0.1) is 0 Å². The van der Waals surface area contributed by atoms with Crippen LogP contribution in [0.25, 0.3) is 89.8 Å². The van der Waals surface area contributed by atoms with Gasteiger partial charge >= 0.3 is 0 Å². The highest BCUT2D eigenvalue weighted by molar-refractivity contribution is 6.88. The van der Waals surface area contributed by atoms with Crippen LogP contribution in [0, 0.1) is 0 Å². The monoisotopic (exact) mass is 848 g/mol. The van der Waals surface area contributed by atoms with Gasteiger partial charge in [-0.2, -0.15) is 0 Å². The van der Waals surface area contributed by atoms with E-state index in [4.69, 9.17) is 15.0 Å². The summed E-state index contributed by atoms with van der Waals surface area (Å²) in [5.74, 6) is 1.87. The minimum absolute atomic E-state index is 0.405. The van der Waals surface area contributed by atoms with E-state index in [1.165, 1.54) is 60.8 Å². The van der Waals surface area contributed by atoms with E-state index in [1.807, 2.05) is 48.7 Å². The molecule has 0 radical (unpaired) electrons. The van der Waals surface area contributed by atoms with Gasteiger partial charge in [0.05, 0.1) is 13.5 Å². The third-order valence-electron chi connectivity index (χ3n) is 13.4. The summed E-state index contributed by atoms with van der Waals surface area (Å²) in [5.41, 5.74) is 19.9. The molecule has 2 heterocycles. The van der Waals surface area contributed by atoms with Crippen molar-refractivity contribution < 1.29 is 0 Å². The summed E-state index contributed by atoms with van der Waals surface area (Å²) in [6, 6.07) is 72.7. The first-order valence-corrected chi connectivity index (χ1v) is 25.9. The quantitative estimate of drug-likeness (QED) is 0.150. The van der Waals surface area contributed by atoms with Crippen LogP contribution in [0.3, 0.4) is 0 Å². The molecule has 0 unspecified atom stereocenters. The summed E-state index contributed by atoms with van der Waals surface area (Å²) >= 11 is 0. The van der Waals surface area contributed by atoms with E-state index >= 15 is 0 Å². The first-order chi connectivity index (χ1) is 31.8. The number of hydrogen-bond donors (Lipinski definition) is 0. The maximum atomic E-state index is 5.13. The van der Waals surface area contributed by atoms with Crippen LogP contribution in [0.5, 0.6) is 0 Å². The average molecular weight is 849 g/mol. The van der Waals surface area contributed by atoms with Gasteiger partial charge in [-0.1, -0.05) is 195 Å². The Morgan fingerprint density at radius 3 is 1.32 bits per heavy atom. The maximum Gasteiger partial charge on any atom is 0.164 e. The molecule has 0 aliphatic heterocycles. The van der Waals surface area contributed by atoms with Gasteiger partial charge in [0.1, 0.15) is 0 Å². The van der Waals surface area contributed by atoms with Crippen molar-refractivity contribution in [2.24, 2.45) is 0 Å². The Balaban J connectivity index is 0.963. The molecule has 8 aromatic carbocycles. The lowest BCUT2D eigenvalue weighted by Gasteiger charge is -2.31. The normalized spacial score (nSPS) is 13.0. The van der Waals surface area contributed by atoms with Crippen LogP contribution in [0.4, 0.5) is 0 Å². The Morgan fingerprint density at radius 2 is 0.754 bits per heavy atom. The highest BCUT2D eigenvalue weighted by Crippen LogP contribution is 2.63. The summed E-state index contributed by atoms with van der Waals surface area (Å²) in [4.78, 5) is 19.6. The molecule has 0 atom stereocenters. The van der Waals surface area contributed by atoms with Crippen LogP contribution < -0.4 is 5.19 Å². The SMILES string of the molecule is C[Si](C)(C)c1ccc2c(c1)C1(c3ccccc3-c3ccccc31)c1cc(-c3cccc(-c4cccc(-c5nc(-c6ccccc6)nc(-c6cccc(-c7cccnc7)c6)n5)c4)c3)ccc1-2. The van der Waals surface area contributed by atoms with Gasteiger partial charge in [0.2, 0.25) is 0 Å². The molecule has 0 saturated heterocycles. The summed E-state index contributed by atoms with van der Waals surface area (Å²) in [6.07, 6.45) is 3.67. The molecule has 2 aliphatic carbocycles. The minimum atomic E-state index is -1.62. The van der Waals surface area contributed by atoms with E-state index in [0.717, 1.165) is 38.9 Å². The van der Waals surface area contributed by atoms with E-state index in [2.05, 4.69) is 182 Å². The fraction of sp³-hybridized carbons (Fsp3) is 0.0667. The van der Waals surface area contributed by atoms with Crippen molar-refractivity contribution in [2.45, 2.75) is 25.1 Å². The van der Waals surface area contributed by atoms with Crippen LogP contribution in [-0.2, 0) is 5.41 Å². The number of fused-ring (bicyclic) bond motifs is 10. The van der Waals surface area contributed by atoms with Gasteiger partial charge in [0, 0.05) is 34.6 Å². The van der Waals surface area contributed by atoms with Gasteiger partial charge in [0.25, 0.3) is 0 Å². The number of hydrogen-bond acceptors (Lipinski definition) is 4. The lowest BCUT2D eigenvalue weighted by atomic mass is 9.70. The Bertz CT molecular complexity index is 3440. The topological polar surface area (TPSA) is 51.6 Å². The summed E-state index contributed by atoms with van der Waals surface area (Å²) < 4.78 is 0. The van der Waals surface area contributed by atoms with Gasteiger partial charge in [-0.3, -0.25) is 4.98 Å². The minimum Gasteiger partial charge on any atom is -0.264 e. The molecule has 5 heteroatoms. The number of benzene rings is 8. The highest BCUT2D eigenvalue weighted by Gasteiger charge is 2.52. The molecule has 12 rings (SSSR count). The van der Waals surface area contributed by atoms with Crippen LogP contribution in [0.1, 0.15) is 22.3 Å². The zero-order valence-electron chi connectivity index (χ0n) is 36.5. The van der Waals surface area contributed by atoms with Crippen molar-refractivity contribution in [1.29, 1.82) is 0 Å². The van der Waals surface area contributed by atoms with Crippen LogP contribution >= 0.6 is 0 Å². The summed E-state index contributed by atoms with van der Waals surface area (Å²) in [6.45, 7) is 7.36. The third-order valence-corrected chi connectivity index (χ3v) is 15.4. The first-order valence-electron chi connectivity index (χ1n) is 22.4. The van der Waals surface area contributed by atoms with Crippen molar-refractivity contribution in [2.75, 3.05) is 0 Å². The molecule has 0 amide bonds. The second-order valence-electron chi connectivity index (χ2n) is 18.3. The smallest absolute Gasteiger partial charge is 0.164 e. The summed E-state index contributed by atoms with van der Waals surface area (Å²) in [7, 11) is -1.62. The molecule has 65 heavy (non-hydrogen) atoms. The van der Waals surface area contributed by atoms with Gasteiger partial charge in [-0.25, -0.2) is 15.0 Å². The number of pyridine rings is 1. The Labute approximate surface area is 381 Å². The predicted molar refractivity (Wildman–Crippen MR) is 270 cm³/mol. The van der Waals surface area contributed by atoms with Crippen LogP contribution in [0.2, 0.25) is 19.6 Å². The second-order valence-corrected chi connectivity index (χ2v) is 23.3. The predicted octanol–water partition coefficient (Wildman–Crippen LogP) is 14.2. The molecule has 2 aliphatic rings. The highest BCUT2D eigenvalue weighted by atomic mass is 28.3. The van der Waals surface area contributed by atoms with E-state index in [1.54, 1.807) is 6.20 Å². The standard InChI is InChI=1S/C60H44N4Si/c1-65(2,3)48-29-31-52-51-30-28-44(36-55(51)60(56(52)37-48)53-26-9-7-24-49(53)50-25-8-10-27-54(50)60)41-18-11-17-40(33-41)42-19-12-21-45(34-42)58-62-57(39-15-5-4-6-16-39)63-59(64-58)46-22-13-20-43(35-46)47-23-14-32-61-38-47/h4-38H,1-3H3. The molecular formula is C60H44N4Si. The fourth-order valence-electron chi connectivity index (χ4n) is 10.2. The maximum absolute atomic E-state index is 5.13. The largest absolute Gasteiger partial charge is 0.264 e. The van der Waals surface area contributed by atoms with Gasteiger partial charge in [0.15, 0.2) is 17.5 Å². The summed E-state index contributed by atoms with van der Waals surface area (Å²) in [5, 5.41) is 1.49. The van der Waals surface area contributed by atoms with E-state index in [-0.39, 0.29) is 0 Å².